The molecule has 1 aromatic heterocycles. The predicted octanol–water partition coefficient (Wildman–Crippen LogP) is 0.800. The molecule has 2 atom stereocenters. The number of aromatic nitrogens is 3. The third-order valence-corrected chi connectivity index (χ3v) is 4.07. The lowest BCUT2D eigenvalue weighted by molar-refractivity contribution is 0.0911. The van der Waals surface area contributed by atoms with Gasteiger partial charge in [0.05, 0.1) is 0 Å². The monoisotopic (exact) mass is 263 g/mol. The van der Waals surface area contributed by atoms with Gasteiger partial charge >= 0.3 is 0 Å². The van der Waals surface area contributed by atoms with Gasteiger partial charge in [-0.2, -0.15) is 0 Å². The van der Waals surface area contributed by atoms with Crippen molar-refractivity contribution in [3.8, 4) is 0 Å². The number of aromatic amines is 1. The second-order valence-corrected chi connectivity index (χ2v) is 5.69. The lowest BCUT2D eigenvalue weighted by Gasteiger charge is -2.28. The predicted molar refractivity (Wildman–Crippen MR) is 70.9 cm³/mol. The smallest absolute Gasteiger partial charge is 0.291 e. The van der Waals surface area contributed by atoms with E-state index in [0.717, 1.165) is 38.2 Å². The Morgan fingerprint density at radius 2 is 2.26 bits per heavy atom. The number of carbonyl (C=O) groups excluding carboxylic acids is 1. The van der Waals surface area contributed by atoms with Gasteiger partial charge in [-0.3, -0.25) is 9.89 Å². The Balaban J connectivity index is 1.56. The number of amides is 1. The van der Waals surface area contributed by atoms with Crippen LogP contribution >= 0.6 is 0 Å². The molecule has 1 saturated carbocycles. The van der Waals surface area contributed by atoms with Gasteiger partial charge in [-0.05, 0) is 51.6 Å². The molecule has 0 aromatic carbocycles. The average molecular weight is 263 g/mol. The van der Waals surface area contributed by atoms with Crippen LogP contribution in [0.5, 0.6) is 0 Å². The summed E-state index contributed by atoms with van der Waals surface area (Å²) in [5.74, 6) is 1.96. The highest BCUT2D eigenvalue weighted by Crippen LogP contribution is 2.37. The molecule has 1 amide bonds. The first-order valence-electron chi connectivity index (χ1n) is 7.18. The Morgan fingerprint density at radius 3 is 2.95 bits per heavy atom. The first-order valence-corrected chi connectivity index (χ1v) is 7.18. The van der Waals surface area contributed by atoms with Gasteiger partial charge in [0.15, 0.2) is 0 Å². The van der Waals surface area contributed by atoms with Crippen LogP contribution in [-0.4, -0.2) is 40.2 Å². The molecule has 1 aromatic rings. The lowest BCUT2D eigenvalue weighted by atomic mass is 9.93. The van der Waals surface area contributed by atoms with Gasteiger partial charge < -0.3 is 10.6 Å². The molecule has 3 rings (SSSR count). The van der Waals surface area contributed by atoms with Crippen LogP contribution in [0.3, 0.4) is 0 Å². The topological polar surface area (TPSA) is 82.7 Å². The maximum atomic E-state index is 12.1. The fraction of sp³-hybridized carbons (Fsp3) is 0.769. The third-order valence-electron chi connectivity index (χ3n) is 4.07. The fourth-order valence-electron chi connectivity index (χ4n) is 2.61. The number of hydrogen-bond donors (Lipinski definition) is 3. The Kier molecular flexibility index (Phi) is 3.50. The van der Waals surface area contributed by atoms with Crippen LogP contribution in [0.2, 0.25) is 0 Å². The number of carbonyl (C=O) groups is 1. The minimum Gasteiger partial charge on any atom is -0.346 e. The molecule has 0 spiro atoms. The van der Waals surface area contributed by atoms with E-state index < -0.39 is 0 Å². The van der Waals surface area contributed by atoms with E-state index in [9.17, 15) is 4.79 Å². The number of H-pyrrole nitrogens is 1. The molecule has 3 N–H and O–H groups in total. The maximum Gasteiger partial charge on any atom is 0.291 e. The van der Waals surface area contributed by atoms with E-state index in [-0.39, 0.29) is 17.8 Å². The number of nitrogens with one attached hydrogen (secondary N) is 3. The van der Waals surface area contributed by atoms with Gasteiger partial charge in [-0.1, -0.05) is 0 Å². The molecule has 19 heavy (non-hydrogen) atoms. The molecule has 1 aliphatic heterocycles. The SMILES string of the molecule is CC(NC(=O)c1n[nH]c(C2CC2)n1)C1CCCNC1. The molecule has 2 unspecified atom stereocenters. The summed E-state index contributed by atoms with van der Waals surface area (Å²) in [7, 11) is 0. The van der Waals surface area contributed by atoms with Crippen molar-refractivity contribution < 1.29 is 4.79 Å². The molecule has 104 valence electrons. The highest BCUT2D eigenvalue weighted by Gasteiger charge is 2.29. The molecular formula is C13H21N5O. The van der Waals surface area contributed by atoms with Gasteiger partial charge in [0.1, 0.15) is 5.82 Å². The van der Waals surface area contributed by atoms with Gasteiger partial charge in [0.25, 0.3) is 5.91 Å². The maximum absolute atomic E-state index is 12.1. The van der Waals surface area contributed by atoms with Crippen LogP contribution < -0.4 is 10.6 Å². The molecular weight excluding hydrogens is 242 g/mol. The number of hydrogen-bond acceptors (Lipinski definition) is 4. The van der Waals surface area contributed by atoms with Crippen molar-refractivity contribution in [2.24, 2.45) is 5.92 Å². The zero-order valence-electron chi connectivity index (χ0n) is 11.3. The Labute approximate surface area is 112 Å². The summed E-state index contributed by atoms with van der Waals surface area (Å²) in [5, 5.41) is 13.3. The van der Waals surface area contributed by atoms with Crippen molar-refractivity contribution in [3.63, 3.8) is 0 Å². The van der Waals surface area contributed by atoms with Gasteiger partial charge in [0, 0.05) is 12.0 Å². The van der Waals surface area contributed by atoms with Gasteiger partial charge in [-0.15, -0.1) is 5.10 Å². The standard InChI is InChI=1S/C13H21N5O/c1-8(10-3-2-6-14-7-10)15-13(19)12-16-11(17-18-12)9-4-5-9/h8-10,14H,2-7H2,1H3,(H,15,19)(H,16,17,18). The summed E-state index contributed by atoms with van der Waals surface area (Å²) >= 11 is 0. The van der Waals surface area contributed by atoms with Crippen LogP contribution in [0, 0.1) is 5.92 Å². The van der Waals surface area contributed by atoms with Crippen molar-refractivity contribution in [3.05, 3.63) is 11.6 Å². The zero-order valence-corrected chi connectivity index (χ0v) is 11.3. The van der Waals surface area contributed by atoms with E-state index in [0.29, 0.717) is 11.8 Å². The van der Waals surface area contributed by atoms with Gasteiger partial charge in [0.2, 0.25) is 5.82 Å². The third kappa shape index (κ3) is 2.94. The molecule has 0 radical (unpaired) electrons. The minimum absolute atomic E-state index is 0.156. The molecule has 6 heteroatoms. The minimum atomic E-state index is -0.166. The second kappa shape index (κ2) is 5.28. The number of piperidine rings is 1. The number of rotatable bonds is 4. The van der Waals surface area contributed by atoms with E-state index in [1.165, 1.54) is 6.42 Å². The normalized spacial score (nSPS) is 25.0. The molecule has 6 nitrogen and oxygen atoms in total. The lowest BCUT2D eigenvalue weighted by Crippen LogP contribution is -2.44. The van der Waals surface area contributed by atoms with Crippen LogP contribution in [0.1, 0.15) is 55.0 Å². The van der Waals surface area contributed by atoms with Crippen molar-refractivity contribution in [2.75, 3.05) is 13.1 Å². The Morgan fingerprint density at radius 1 is 1.42 bits per heavy atom. The summed E-state index contributed by atoms with van der Waals surface area (Å²) in [5.41, 5.74) is 0. The highest BCUT2D eigenvalue weighted by molar-refractivity contribution is 5.90. The van der Waals surface area contributed by atoms with Crippen molar-refractivity contribution in [1.82, 2.24) is 25.8 Å². The molecule has 2 aliphatic rings. The van der Waals surface area contributed by atoms with E-state index in [4.69, 9.17) is 0 Å². The van der Waals surface area contributed by atoms with E-state index in [1.807, 2.05) is 0 Å². The van der Waals surface area contributed by atoms with Crippen LogP contribution in [0.25, 0.3) is 0 Å². The quantitative estimate of drug-likeness (QED) is 0.750. The molecule has 0 bridgehead atoms. The first-order chi connectivity index (χ1) is 9.24. The molecule has 1 aliphatic carbocycles. The summed E-state index contributed by atoms with van der Waals surface area (Å²) in [4.78, 5) is 16.4. The van der Waals surface area contributed by atoms with Crippen molar-refractivity contribution in [1.29, 1.82) is 0 Å². The Hall–Kier alpha value is -1.43. The van der Waals surface area contributed by atoms with E-state index >= 15 is 0 Å². The second-order valence-electron chi connectivity index (χ2n) is 5.69. The van der Waals surface area contributed by atoms with Crippen molar-refractivity contribution >= 4 is 5.91 Å². The highest BCUT2D eigenvalue weighted by atomic mass is 16.2. The molecule has 1 saturated heterocycles. The van der Waals surface area contributed by atoms with Crippen LogP contribution in [0.4, 0.5) is 0 Å². The summed E-state index contributed by atoms with van der Waals surface area (Å²) < 4.78 is 0. The fourth-order valence-corrected chi connectivity index (χ4v) is 2.61. The molecule has 2 fully saturated rings. The van der Waals surface area contributed by atoms with Crippen molar-refractivity contribution in [2.45, 2.75) is 44.6 Å². The van der Waals surface area contributed by atoms with Crippen LogP contribution in [-0.2, 0) is 0 Å². The summed E-state index contributed by atoms with van der Waals surface area (Å²) in [6.07, 6.45) is 4.65. The number of nitrogens with zero attached hydrogens (tertiary/aromatic N) is 2. The summed E-state index contributed by atoms with van der Waals surface area (Å²) in [6, 6.07) is 0.156. The summed E-state index contributed by atoms with van der Waals surface area (Å²) in [6.45, 7) is 4.12. The van der Waals surface area contributed by atoms with Gasteiger partial charge in [-0.25, -0.2) is 4.98 Å². The zero-order chi connectivity index (χ0) is 13.2. The van der Waals surface area contributed by atoms with E-state index in [2.05, 4.69) is 32.7 Å². The van der Waals surface area contributed by atoms with E-state index in [1.54, 1.807) is 0 Å². The first kappa shape index (κ1) is 12.6. The average Bonchev–Trinajstić information content (AvgIpc) is 3.17. The Bertz CT molecular complexity index is 448. The largest absolute Gasteiger partial charge is 0.346 e. The van der Waals surface area contributed by atoms with Crippen LogP contribution in [0.15, 0.2) is 0 Å². The molecule has 2 heterocycles.